The van der Waals surface area contributed by atoms with Crippen molar-refractivity contribution in [3.8, 4) is 0 Å². The number of amides is 1. The SMILES string of the molecule is C/C(=C\C(=O)C(C)(C)C)NNC(=O)c1cccc([N+](=O)[O-])c1. The van der Waals surface area contributed by atoms with Crippen molar-refractivity contribution in [3.63, 3.8) is 0 Å². The van der Waals surface area contributed by atoms with E-state index in [0.29, 0.717) is 5.70 Å². The molecule has 0 unspecified atom stereocenters. The number of hydrogen-bond donors (Lipinski definition) is 2. The standard InChI is InChI=1S/C15H19N3O4/c1-10(8-13(19)15(2,3)4)16-17-14(20)11-6-5-7-12(9-11)18(21)22/h5-9,16H,1-4H3,(H,17,20)/b10-8+. The van der Waals surface area contributed by atoms with Crippen LogP contribution in [0.4, 0.5) is 5.69 Å². The van der Waals surface area contributed by atoms with Crippen LogP contribution in [0, 0.1) is 15.5 Å². The van der Waals surface area contributed by atoms with Crippen LogP contribution in [0.25, 0.3) is 0 Å². The number of nitrogens with one attached hydrogen (secondary N) is 2. The van der Waals surface area contributed by atoms with Gasteiger partial charge >= 0.3 is 0 Å². The summed E-state index contributed by atoms with van der Waals surface area (Å²) >= 11 is 0. The number of carbonyl (C=O) groups is 2. The Kier molecular flexibility index (Phi) is 5.39. The van der Waals surface area contributed by atoms with Crippen molar-refractivity contribution in [2.24, 2.45) is 5.41 Å². The van der Waals surface area contributed by atoms with Gasteiger partial charge in [0.1, 0.15) is 0 Å². The fraction of sp³-hybridized carbons (Fsp3) is 0.333. The molecular weight excluding hydrogens is 286 g/mol. The molecule has 0 aliphatic carbocycles. The summed E-state index contributed by atoms with van der Waals surface area (Å²) in [5, 5.41) is 10.7. The summed E-state index contributed by atoms with van der Waals surface area (Å²) in [4.78, 5) is 33.8. The number of rotatable bonds is 5. The van der Waals surface area contributed by atoms with Crippen LogP contribution in [-0.2, 0) is 4.79 Å². The average molecular weight is 305 g/mol. The Hall–Kier alpha value is -2.70. The highest BCUT2D eigenvalue weighted by Gasteiger charge is 2.19. The molecule has 0 spiro atoms. The summed E-state index contributed by atoms with van der Waals surface area (Å²) in [6.45, 7) is 7.01. The minimum Gasteiger partial charge on any atom is -0.303 e. The van der Waals surface area contributed by atoms with Gasteiger partial charge in [-0.25, -0.2) is 0 Å². The molecule has 2 N–H and O–H groups in total. The monoisotopic (exact) mass is 305 g/mol. The van der Waals surface area contributed by atoms with Gasteiger partial charge in [-0.15, -0.1) is 0 Å². The first kappa shape index (κ1) is 17.4. The number of allylic oxidation sites excluding steroid dienone is 2. The molecule has 0 aromatic heterocycles. The molecule has 118 valence electrons. The summed E-state index contributed by atoms with van der Waals surface area (Å²) in [5.41, 5.74) is 4.94. The fourth-order valence-corrected chi connectivity index (χ4v) is 1.44. The molecule has 0 heterocycles. The lowest BCUT2D eigenvalue weighted by atomic mass is 9.90. The zero-order chi connectivity index (χ0) is 16.9. The Bertz CT molecular complexity index is 630. The van der Waals surface area contributed by atoms with E-state index in [1.807, 2.05) is 0 Å². The van der Waals surface area contributed by atoms with Gasteiger partial charge in [-0.2, -0.15) is 0 Å². The highest BCUT2D eigenvalue weighted by Crippen LogP contribution is 2.15. The van der Waals surface area contributed by atoms with E-state index < -0.39 is 16.2 Å². The van der Waals surface area contributed by atoms with Gasteiger partial charge in [-0.05, 0) is 13.0 Å². The second kappa shape index (κ2) is 6.84. The summed E-state index contributed by atoms with van der Waals surface area (Å²) in [6, 6.07) is 5.37. The third-order valence-corrected chi connectivity index (χ3v) is 2.78. The lowest BCUT2D eigenvalue weighted by Gasteiger charge is -2.15. The van der Waals surface area contributed by atoms with Gasteiger partial charge < -0.3 is 5.43 Å². The largest absolute Gasteiger partial charge is 0.303 e. The summed E-state index contributed by atoms with van der Waals surface area (Å²) in [6.07, 6.45) is 1.40. The molecular formula is C15H19N3O4. The smallest absolute Gasteiger partial charge is 0.270 e. The van der Waals surface area contributed by atoms with E-state index in [9.17, 15) is 19.7 Å². The first-order valence-corrected chi connectivity index (χ1v) is 6.65. The summed E-state index contributed by atoms with van der Waals surface area (Å²) in [7, 11) is 0. The third-order valence-electron chi connectivity index (χ3n) is 2.78. The van der Waals surface area contributed by atoms with Gasteiger partial charge in [0.15, 0.2) is 5.78 Å². The minimum atomic E-state index is -0.572. The zero-order valence-electron chi connectivity index (χ0n) is 13.0. The second-order valence-electron chi connectivity index (χ2n) is 5.83. The van der Waals surface area contributed by atoms with Gasteiger partial charge in [0, 0.05) is 34.9 Å². The van der Waals surface area contributed by atoms with Crippen molar-refractivity contribution in [3.05, 3.63) is 51.7 Å². The van der Waals surface area contributed by atoms with Crippen LogP contribution in [0.5, 0.6) is 0 Å². The molecule has 0 saturated carbocycles. The molecule has 7 heteroatoms. The number of hydrazine groups is 1. The molecule has 0 saturated heterocycles. The van der Waals surface area contributed by atoms with E-state index in [-0.39, 0.29) is 17.0 Å². The number of nitro benzene ring substituents is 1. The molecule has 0 aliphatic heterocycles. The number of benzene rings is 1. The maximum absolute atomic E-state index is 11.9. The topological polar surface area (TPSA) is 101 Å². The minimum absolute atomic E-state index is 0.0814. The first-order valence-electron chi connectivity index (χ1n) is 6.65. The van der Waals surface area contributed by atoms with E-state index >= 15 is 0 Å². The molecule has 0 aliphatic rings. The predicted octanol–water partition coefficient (Wildman–Crippen LogP) is 2.35. The zero-order valence-corrected chi connectivity index (χ0v) is 13.0. The van der Waals surface area contributed by atoms with Gasteiger partial charge in [-0.1, -0.05) is 26.8 Å². The Balaban J connectivity index is 2.70. The Morgan fingerprint density at radius 2 is 1.86 bits per heavy atom. The van der Waals surface area contributed by atoms with E-state index in [4.69, 9.17) is 0 Å². The van der Waals surface area contributed by atoms with Crippen molar-refractivity contribution in [2.75, 3.05) is 0 Å². The molecule has 1 aromatic rings. The van der Waals surface area contributed by atoms with Crippen LogP contribution in [0.3, 0.4) is 0 Å². The number of nitrogens with zero attached hydrogens (tertiary/aromatic N) is 1. The van der Waals surface area contributed by atoms with Crippen molar-refractivity contribution in [2.45, 2.75) is 27.7 Å². The Labute approximate surface area is 128 Å². The van der Waals surface area contributed by atoms with Crippen LogP contribution in [0.2, 0.25) is 0 Å². The fourth-order valence-electron chi connectivity index (χ4n) is 1.44. The van der Waals surface area contributed by atoms with Gasteiger partial charge in [-0.3, -0.25) is 25.1 Å². The first-order chi connectivity index (χ1) is 10.1. The molecule has 0 bridgehead atoms. The van der Waals surface area contributed by atoms with Crippen LogP contribution in [0.1, 0.15) is 38.1 Å². The highest BCUT2D eigenvalue weighted by molar-refractivity contribution is 5.95. The molecule has 0 radical (unpaired) electrons. The summed E-state index contributed by atoms with van der Waals surface area (Å²) in [5.74, 6) is -0.609. The molecule has 1 rings (SSSR count). The lowest BCUT2D eigenvalue weighted by Crippen LogP contribution is -2.36. The van der Waals surface area contributed by atoms with Crippen molar-refractivity contribution in [1.82, 2.24) is 10.9 Å². The van der Waals surface area contributed by atoms with Crippen molar-refractivity contribution < 1.29 is 14.5 Å². The second-order valence-corrected chi connectivity index (χ2v) is 5.83. The van der Waals surface area contributed by atoms with E-state index in [0.717, 1.165) is 0 Å². The van der Waals surface area contributed by atoms with Gasteiger partial charge in [0.25, 0.3) is 11.6 Å². The van der Waals surface area contributed by atoms with Gasteiger partial charge in [0.2, 0.25) is 0 Å². The number of non-ortho nitro benzene ring substituents is 1. The van der Waals surface area contributed by atoms with E-state index in [1.165, 1.54) is 30.3 Å². The van der Waals surface area contributed by atoms with Crippen LogP contribution in [0.15, 0.2) is 36.0 Å². The Morgan fingerprint density at radius 3 is 2.41 bits per heavy atom. The maximum Gasteiger partial charge on any atom is 0.270 e. The van der Waals surface area contributed by atoms with Crippen molar-refractivity contribution >= 4 is 17.4 Å². The van der Waals surface area contributed by atoms with Crippen LogP contribution < -0.4 is 10.9 Å². The summed E-state index contributed by atoms with van der Waals surface area (Å²) < 4.78 is 0. The van der Waals surface area contributed by atoms with E-state index in [1.54, 1.807) is 27.7 Å². The number of hydrogen-bond acceptors (Lipinski definition) is 5. The molecule has 7 nitrogen and oxygen atoms in total. The lowest BCUT2D eigenvalue weighted by molar-refractivity contribution is -0.384. The molecule has 0 fully saturated rings. The molecule has 0 atom stereocenters. The third kappa shape index (κ3) is 5.01. The van der Waals surface area contributed by atoms with E-state index in [2.05, 4.69) is 10.9 Å². The van der Waals surface area contributed by atoms with Crippen LogP contribution >= 0.6 is 0 Å². The predicted molar refractivity (Wildman–Crippen MR) is 81.9 cm³/mol. The average Bonchev–Trinajstić information content (AvgIpc) is 2.43. The quantitative estimate of drug-likeness (QED) is 0.494. The molecule has 1 aromatic carbocycles. The molecule has 22 heavy (non-hydrogen) atoms. The number of nitro groups is 1. The number of ketones is 1. The van der Waals surface area contributed by atoms with Crippen molar-refractivity contribution in [1.29, 1.82) is 0 Å². The van der Waals surface area contributed by atoms with Crippen LogP contribution in [-0.4, -0.2) is 16.6 Å². The highest BCUT2D eigenvalue weighted by atomic mass is 16.6. The number of carbonyl (C=O) groups excluding carboxylic acids is 2. The van der Waals surface area contributed by atoms with Gasteiger partial charge in [0.05, 0.1) is 4.92 Å². The normalized spacial score (nSPS) is 11.7. The Morgan fingerprint density at radius 1 is 1.23 bits per heavy atom. The molecule has 1 amide bonds. The maximum atomic E-state index is 11.9.